The minimum atomic E-state index is -0.467. The monoisotopic (exact) mass is 324 g/mol. The van der Waals surface area contributed by atoms with Gasteiger partial charge in [0.25, 0.3) is 0 Å². The van der Waals surface area contributed by atoms with E-state index in [1.165, 1.54) is 0 Å². The van der Waals surface area contributed by atoms with Crippen LogP contribution in [-0.4, -0.2) is 45.1 Å². The fraction of sp³-hybridized carbons (Fsp3) is 0.588. The number of nitrogens with one attached hydrogen (secondary N) is 2. The average molecular weight is 324 g/mol. The van der Waals surface area contributed by atoms with Crippen LogP contribution in [0.5, 0.6) is 5.75 Å². The molecule has 1 rings (SSSR count). The standard InChI is InChI=1S/C17H28N2O4/c1-17(2,3)23-16(20)19-10-6-9-18-14-7-5-8-15(13-14)22-12-11-21-4/h5,7-8,13,18H,6,9-12H2,1-4H3,(H,19,20). The van der Waals surface area contributed by atoms with Crippen molar-refractivity contribution < 1.29 is 19.0 Å². The Balaban J connectivity index is 2.20. The second-order valence-electron chi connectivity index (χ2n) is 6.08. The maximum atomic E-state index is 11.5. The van der Waals surface area contributed by atoms with Gasteiger partial charge < -0.3 is 24.8 Å². The summed E-state index contributed by atoms with van der Waals surface area (Å²) in [5.41, 5.74) is 0.517. The molecule has 0 heterocycles. The van der Waals surface area contributed by atoms with Crippen molar-refractivity contribution in [3.63, 3.8) is 0 Å². The molecule has 0 unspecified atom stereocenters. The lowest BCUT2D eigenvalue weighted by molar-refractivity contribution is 0.0528. The number of ether oxygens (including phenoxy) is 3. The van der Waals surface area contributed by atoms with Crippen LogP contribution in [0.3, 0.4) is 0 Å². The van der Waals surface area contributed by atoms with Crippen LogP contribution in [0.15, 0.2) is 24.3 Å². The molecule has 0 spiro atoms. The Kier molecular flexibility index (Phi) is 8.26. The van der Waals surface area contributed by atoms with E-state index in [0.717, 1.165) is 24.4 Å². The number of hydrogen-bond donors (Lipinski definition) is 2. The van der Waals surface area contributed by atoms with Gasteiger partial charge in [0, 0.05) is 32.0 Å². The molecule has 0 aromatic heterocycles. The zero-order valence-corrected chi connectivity index (χ0v) is 14.5. The van der Waals surface area contributed by atoms with Crippen molar-refractivity contribution in [2.24, 2.45) is 0 Å². The highest BCUT2D eigenvalue weighted by molar-refractivity contribution is 5.67. The first-order chi connectivity index (χ1) is 10.9. The predicted molar refractivity (Wildman–Crippen MR) is 91.2 cm³/mol. The van der Waals surface area contributed by atoms with Crippen LogP contribution >= 0.6 is 0 Å². The summed E-state index contributed by atoms with van der Waals surface area (Å²) in [4.78, 5) is 11.5. The number of hydrogen-bond acceptors (Lipinski definition) is 5. The first-order valence-electron chi connectivity index (χ1n) is 7.83. The van der Waals surface area contributed by atoms with E-state index in [-0.39, 0.29) is 6.09 Å². The Labute approximate surface area is 138 Å². The Morgan fingerprint density at radius 1 is 1.17 bits per heavy atom. The van der Waals surface area contributed by atoms with Crippen LogP contribution in [0, 0.1) is 0 Å². The Bertz CT molecular complexity index is 472. The first kappa shape index (κ1) is 19.1. The normalized spacial score (nSPS) is 11.0. The van der Waals surface area contributed by atoms with E-state index in [4.69, 9.17) is 14.2 Å². The quantitative estimate of drug-likeness (QED) is 0.683. The van der Waals surface area contributed by atoms with E-state index in [1.807, 2.05) is 45.0 Å². The van der Waals surface area contributed by atoms with Crippen molar-refractivity contribution in [1.29, 1.82) is 0 Å². The van der Waals surface area contributed by atoms with Crippen molar-refractivity contribution >= 4 is 11.8 Å². The fourth-order valence-corrected chi connectivity index (χ4v) is 1.76. The number of carbonyl (C=O) groups is 1. The van der Waals surface area contributed by atoms with Crippen LogP contribution < -0.4 is 15.4 Å². The number of anilines is 1. The van der Waals surface area contributed by atoms with Gasteiger partial charge in [0.2, 0.25) is 0 Å². The van der Waals surface area contributed by atoms with Crippen molar-refractivity contribution in [2.45, 2.75) is 32.8 Å². The molecule has 0 radical (unpaired) electrons. The maximum absolute atomic E-state index is 11.5. The number of rotatable bonds is 9. The molecule has 130 valence electrons. The Morgan fingerprint density at radius 3 is 2.65 bits per heavy atom. The van der Waals surface area contributed by atoms with Gasteiger partial charge in [-0.15, -0.1) is 0 Å². The number of methoxy groups -OCH3 is 1. The molecule has 6 nitrogen and oxygen atoms in total. The minimum absolute atomic E-state index is 0.383. The van der Waals surface area contributed by atoms with Gasteiger partial charge in [-0.05, 0) is 39.3 Å². The molecule has 0 atom stereocenters. The average Bonchev–Trinajstić information content (AvgIpc) is 2.46. The van der Waals surface area contributed by atoms with Gasteiger partial charge in [0.15, 0.2) is 0 Å². The van der Waals surface area contributed by atoms with E-state index >= 15 is 0 Å². The van der Waals surface area contributed by atoms with E-state index in [9.17, 15) is 4.79 Å². The molecule has 0 aliphatic rings. The van der Waals surface area contributed by atoms with Gasteiger partial charge in [-0.3, -0.25) is 0 Å². The molecule has 1 amide bonds. The van der Waals surface area contributed by atoms with Crippen molar-refractivity contribution in [1.82, 2.24) is 5.32 Å². The topological polar surface area (TPSA) is 68.8 Å². The zero-order chi connectivity index (χ0) is 17.1. The van der Waals surface area contributed by atoms with Gasteiger partial charge in [-0.1, -0.05) is 6.07 Å². The molecule has 0 aliphatic carbocycles. The second-order valence-corrected chi connectivity index (χ2v) is 6.08. The third-order valence-corrected chi connectivity index (χ3v) is 2.74. The third kappa shape index (κ3) is 9.63. The summed E-state index contributed by atoms with van der Waals surface area (Å²) in [6.45, 7) is 7.93. The summed E-state index contributed by atoms with van der Waals surface area (Å²) < 4.78 is 15.7. The second kappa shape index (κ2) is 9.94. The molecule has 0 fully saturated rings. The van der Waals surface area contributed by atoms with Crippen LogP contribution in [0.4, 0.5) is 10.5 Å². The molecular formula is C17H28N2O4. The highest BCUT2D eigenvalue weighted by Crippen LogP contribution is 2.17. The fourth-order valence-electron chi connectivity index (χ4n) is 1.76. The van der Waals surface area contributed by atoms with E-state index in [1.54, 1.807) is 7.11 Å². The first-order valence-corrected chi connectivity index (χ1v) is 7.83. The molecule has 2 N–H and O–H groups in total. The summed E-state index contributed by atoms with van der Waals surface area (Å²) in [7, 11) is 1.65. The summed E-state index contributed by atoms with van der Waals surface area (Å²) in [6, 6.07) is 7.76. The lowest BCUT2D eigenvalue weighted by Crippen LogP contribution is -2.33. The molecule has 0 bridgehead atoms. The van der Waals surface area contributed by atoms with E-state index in [2.05, 4.69) is 10.6 Å². The van der Waals surface area contributed by atoms with Gasteiger partial charge >= 0.3 is 6.09 Å². The highest BCUT2D eigenvalue weighted by atomic mass is 16.6. The number of alkyl carbamates (subject to hydrolysis) is 1. The lowest BCUT2D eigenvalue weighted by atomic mass is 10.2. The Morgan fingerprint density at radius 2 is 1.96 bits per heavy atom. The molecular weight excluding hydrogens is 296 g/mol. The largest absolute Gasteiger partial charge is 0.491 e. The van der Waals surface area contributed by atoms with Gasteiger partial charge in [-0.25, -0.2) is 4.79 Å². The summed E-state index contributed by atoms with van der Waals surface area (Å²) >= 11 is 0. The highest BCUT2D eigenvalue weighted by Gasteiger charge is 2.15. The number of amides is 1. The van der Waals surface area contributed by atoms with Crippen molar-refractivity contribution in [3.8, 4) is 5.75 Å². The maximum Gasteiger partial charge on any atom is 0.407 e. The SMILES string of the molecule is COCCOc1cccc(NCCCNC(=O)OC(C)(C)C)c1. The van der Waals surface area contributed by atoms with Crippen LogP contribution in [0.25, 0.3) is 0 Å². The molecule has 0 saturated carbocycles. The van der Waals surface area contributed by atoms with Gasteiger partial charge in [0.05, 0.1) is 6.61 Å². The summed E-state index contributed by atoms with van der Waals surface area (Å²) in [6.07, 6.45) is 0.416. The molecule has 1 aromatic carbocycles. The zero-order valence-electron chi connectivity index (χ0n) is 14.5. The third-order valence-electron chi connectivity index (χ3n) is 2.74. The number of benzene rings is 1. The van der Waals surface area contributed by atoms with Crippen LogP contribution in [0.2, 0.25) is 0 Å². The van der Waals surface area contributed by atoms with Crippen molar-refractivity contribution in [3.05, 3.63) is 24.3 Å². The van der Waals surface area contributed by atoms with Crippen LogP contribution in [0.1, 0.15) is 27.2 Å². The molecule has 6 heteroatoms. The van der Waals surface area contributed by atoms with Crippen molar-refractivity contribution in [2.75, 3.05) is 38.7 Å². The molecule has 0 aliphatic heterocycles. The minimum Gasteiger partial charge on any atom is -0.491 e. The number of carbonyl (C=O) groups excluding carboxylic acids is 1. The van der Waals surface area contributed by atoms with E-state index < -0.39 is 5.60 Å². The smallest absolute Gasteiger partial charge is 0.407 e. The van der Waals surface area contributed by atoms with Gasteiger partial charge in [-0.2, -0.15) is 0 Å². The summed E-state index contributed by atoms with van der Waals surface area (Å²) in [5.74, 6) is 0.805. The Hall–Kier alpha value is -1.95. The summed E-state index contributed by atoms with van der Waals surface area (Å²) in [5, 5.41) is 6.03. The lowest BCUT2D eigenvalue weighted by Gasteiger charge is -2.19. The predicted octanol–water partition coefficient (Wildman–Crippen LogP) is 3.04. The van der Waals surface area contributed by atoms with Gasteiger partial charge in [0.1, 0.15) is 18.0 Å². The van der Waals surface area contributed by atoms with Crippen LogP contribution in [-0.2, 0) is 9.47 Å². The van der Waals surface area contributed by atoms with E-state index in [0.29, 0.717) is 19.8 Å². The molecule has 1 aromatic rings. The molecule has 0 saturated heterocycles. The molecule has 23 heavy (non-hydrogen) atoms.